The number of hydrogen-bond acceptors (Lipinski definition) is 4. The Kier molecular flexibility index (Phi) is 3.33. The third kappa shape index (κ3) is 2.17. The van der Waals surface area contributed by atoms with Crippen molar-refractivity contribution in [3.63, 3.8) is 0 Å². The molecular formula is C15H21N3O2S. The standard InChI is InChI=1S/C15H21N3O2S/c1-4-15(9-6-10-16-15)14-17-13-11(18(14)2)7-5-8-12(13)21(3,19)20/h5,7-8,16H,4,6,9-10H2,1-3H3. The number of nitrogens with zero attached hydrogens (tertiary/aromatic N) is 2. The molecule has 6 heteroatoms. The molecule has 2 aromatic rings. The lowest BCUT2D eigenvalue weighted by Gasteiger charge is -2.27. The molecule has 0 radical (unpaired) electrons. The molecule has 1 atom stereocenters. The molecule has 0 spiro atoms. The highest BCUT2D eigenvalue weighted by Crippen LogP contribution is 2.35. The maximum atomic E-state index is 12.0. The van der Waals surface area contributed by atoms with Crippen molar-refractivity contribution in [1.29, 1.82) is 0 Å². The number of imidazole rings is 1. The smallest absolute Gasteiger partial charge is 0.177 e. The monoisotopic (exact) mass is 307 g/mol. The van der Waals surface area contributed by atoms with Crippen LogP contribution in [0.5, 0.6) is 0 Å². The molecule has 21 heavy (non-hydrogen) atoms. The maximum absolute atomic E-state index is 12.0. The first kappa shape index (κ1) is 14.5. The van der Waals surface area contributed by atoms with Crippen LogP contribution in [0.2, 0.25) is 0 Å². The number of rotatable bonds is 3. The Morgan fingerprint density at radius 2 is 2.19 bits per heavy atom. The summed E-state index contributed by atoms with van der Waals surface area (Å²) in [6, 6.07) is 5.35. The first-order valence-electron chi connectivity index (χ1n) is 7.30. The molecule has 0 amide bonds. The highest BCUT2D eigenvalue weighted by Gasteiger charge is 2.38. The summed E-state index contributed by atoms with van der Waals surface area (Å²) in [6.07, 6.45) is 4.34. The van der Waals surface area contributed by atoms with Crippen LogP contribution in [-0.2, 0) is 22.4 Å². The van der Waals surface area contributed by atoms with Crippen molar-refractivity contribution in [3.05, 3.63) is 24.0 Å². The lowest BCUT2D eigenvalue weighted by Crippen LogP contribution is -2.38. The van der Waals surface area contributed by atoms with Gasteiger partial charge in [0.05, 0.1) is 16.0 Å². The van der Waals surface area contributed by atoms with Gasteiger partial charge < -0.3 is 9.88 Å². The van der Waals surface area contributed by atoms with Gasteiger partial charge in [-0.3, -0.25) is 0 Å². The molecule has 0 saturated carbocycles. The van der Waals surface area contributed by atoms with Gasteiger partial charge in [0.1, 0.15) is 11.3 Å². The summed E-state index contributed by atoms with van der Waals surface area (Å²) in [5, 5.41) is 3.56. The van der Waals surface area contributed by atoms with E-state index in [2.05, 4.69) is 12.2 Å². The van der Waals surface area contributed by atoms with Crippen molar-refractivity contribution < 1.29 is 8.42 Å². The molecule has 0 bridgehead atoms. The van der Waals surface area contributed by atoms with Crippen LogP contribution in [-0.4, -0.2) is 30.8 Å². The second kappa shape index (κ2) is 4.81. The molecule has 1 N–H and O–H groups in total. The molecule has 1 unspecified atom stereocenters. The van der Waals surface area contributed by atoms with Gasteiger partial charge in [-0.1, -0.05) is 13.0 Å². The van der Waals surface area contributed by atoms with Crippen LogP contribution in [0.1, 0.15) is 32.0 Å². The van der Waals surface area contributed by atoms with Gasteiger partial charge in [0.25, 0.3) is 0 Å². The van der Waals surface area contributed by atoms with Crippen LogP contribution in [0.4, 0.5) is 0 Å². The predicted molar refractivity (Wildman–Crippen MR) is 83.0 cm³/mol. The molecular weight excluding hydrogens is 286 g/mol. The van der Waals surface area contributed by atoms with Crippen LogP contribution in [0.15, 0.2) is 23.1 Å². The molecule has 114 valence electrons. The predicted octanol–water partition coefficient (Wildman–Crippen LogP) is 1.97. The van der Waals surface area contributed by atoms with Crippen LogP contribution >= 0.6 is 0 Å². The summed E-state index contributed by atoms with van der Waals surface area (Å²) in [5.74, 6) is 0.939. The molecule has 2 heterocycles. The summed E-state index contributed by atoms with van der Waals surface area (Å²) in [7, 11) is -1.31. The maximum Gasteiger partial charge on any atom is 0.177 e. The first-order valence-corrected chi connectivity index (χ1v) is 9.19. The van der Waals surface area contributed by atoms with E-state index >= 15 is 0 Å². The van der Waals surface area contributed by atoms with Crippen LogP contribution in [0, 0.1) is 0 Å². The second-order valence-corrected chi connectivity index (χ2v) is 7.84. The van der Waals surface area contributed by atoms with E-state index in [1.54, 1.807) is 12.1 Å². The van der Waals surface area contributed by atoms with E-state index in [9.17, 15) is 8.42 Å². The third-order valence-electron chi connectivity index (χ3n) is 4.55. The quantitative estimate of drug-likeness (QED) is 0.941. The molecule has 1 aromatic heterocycles. The lowest BCUT2D eigenvalue weighted by atomic mass is 9.93. The van der Waals surface area contributed by atoms with Crippen LogP contribution in [0.25, 0.3) is 11.0 Å². The third-order valence-corrected chi connectivity index (χ3v) is 5.68. The van der Waals surface area contributed by atoms with Crippen molar-refractivity contribution in [2.75, 3.05) is 12.8 Å². The van der Waals surface area contributed by atoms with Crippen molar-refractivity contribution in [2.45, 2.75) is 36.6 Å². The van der Waals surface area contributed by atoms with Gasteiger partial charge in [-0.05, 0) is 37.9 Å². The fraction of sp³-hybridized carbons (Fsp3) is 0.533. The minimum atomic E-state index is -3.28. The van der Waals surface area contributed by atoms with E-state index in [4.69, 9.17) is 4.98 Å². The Morgan fingerprint density at radius 3 is 2.76 bits per heavy atom. The molecule has 1 fully saturated rings. The van der Waals surface area contributed by atoms with E-state index < -0.39 is 9.84 Å². The Balaban J connectivity index is 2.30. The van der Waals surface area contributed by atoms with Gasteiger partial charge in [0.15, 0.2) is 9.84 Å². The zero-order valence-corrected chi connectivity index (χ0v) is 13.5. The van der Waals surface area contributed by atoms with Gasteiger partial charge in [0, 0.05) is 13.3 Å². The summed E-state index contributed by atoms with van der Waals surface area (Å²) in [6.45, 7) is 3.13. The summed E-state index contributed by atoms with van der Waals surface area (Å²) in [4.78, 5) is 5.04. The van der Waals surface area contributed by atoms with Crippen molar-refractivity contribution in [3.8, 4) is 0 Å². The number of aromatic nitrogens is 2. The zero-order chi connectivity index (χ0) is 15.3. The molecule has 1 aromatic carbocycles. The fourth-order valence-corrected chi connectivity index (χ4v) is 4.20. The summed E-state index contributed by atoms with van der Waals surface area (Å²) >= 11 is 0. The van der Waals surface area contributed by atoms with E-state index in [0.29, 0.717) is 10.4 Å². The second-order valence-electron chi connectivity index (χ2n) is 5.86. The van der Waals surface area contributed by atoms with Gasteiger partial charge in [-0.25, -0.2) is 13.4 Å². The van der Waals surface area contributed by atoms with E-state index in [1.807, 2.05) is 17.7 Å². The Morgan fingerprint density at radius 1 is 1.43 bits per heavy atom. The Labute approximate surface area is 125 Å². The van der Waals surface area contributed by atoms with Gasteiger partial charge in [0.2, 0.25) is 0 Å². The van der Waals surface area contributed by atoms with E-state index in [0.717, 1.165) is 37.1 Å². The summed E-state index contributed by atoms with van der Waals surface area (Å²) < 4.78 is 26.0. The topological polar surface area (TPSA) is 64.0 Å². The number of hydrogen-bond donors (Lipinski definition) is 1. The normalized spacial score (nSPS) is 23.0. The van der Waals surface area contributed by atoms with Crippen molar-refractivity contribution in [1.82, 2.24) is 14.9 Å². The van der Waals surface area contributed by atoms with Gasteiger partial charge >= 0.3 is 0 Å². The van der Waals surface area contributed by atoms with Gasteiger partial charge in [-0.2, -0.15) is 0 Å². The average Bonchev–Trinajstić information content (AvgIpc) is 3.03. The summed E-state index contributed by atoms with van der Waals surface area (Å²) in [5.41, 5.74) is 1.32. The minimum absolute atomic E-state index is 0.136. The molecule has 1 saturated heterocycles. The number of sulfone groups is 1. The van der Waals surface area contributed by atoms with E-state index in [1.165, 1.54) is 6.26 Å². The molecule has 5 nitrogen and oxygen atoms in total. The average molecular weight is 307 g/mol. The molecule has 0 aliphatic carbocycles. The number of fused-ring (bicyclic) bond motifs is 1. The number of nitrogens with one attached hydrogen (secondary N) is 1. The highest BCUT2D eigenvalue weighted by molar-refractivity contribution is 7.91. The lowest BCUT2D eigenvalue weighted by molar-refractivity contribution is 0.345. The number of aryl methyl sites for hydroxylation is 1. The van der Waals surface area contributed by atoms with Gasteiger partial charge in [-0.15, -0.1) is 0 Å². The number of benzene rings is 1. The van der Waals surface area contributed by atoms with E-state index in [-0.39, 0.29) is 5.54 Å². The Hall–Kier alpha value is -1.40. The highest BCUT2D eigenvalue weighted by atomic mass is 32.2. The molecule has 1 aliphatic rings. The Bertz CT molecular complexity index is 787. The van der Waals surface area contributed by atoms with Crippen LogP contribution in [0.3, 0.4) is 0 Å². The number of para-hydroxylation sites is 1. The SMILES string of the molecule is CCC1(c2nc3c(S(C)(=O)=O)cccc3n2C)CCCN1. The minimum Gasteiger partial charge on any atom is -0.330 e. The largest absolute Gasteiger partial charge is 0.330 e. The van der Waals surface area contributed by atoms with Crippen molar-refractivity contribution in [2.24, 2.45) is 7.05 Å². The van der Waals surface area contributed by atoms with Crippen LogP contribution < -0.4 is 5.32 Å². The molecule has 1 aliphatic heterocycles. The molecule has 3 rings (SSSR count). The first-order chi connectivity index (χ1) is 9.89. The fourth-order valence-electron chi connectivity index (χ4n) is 3.37. The van der Waals surface area contributed by atoms with Crippen molar-refractivity contribution >= 4 is 20.9 Å². The zero-order valence-electron chi connectivity index (χ0n) is 12.7.